The Balaban J connectivity index is 1.74. The van der Waals surface area contributed by atoms with Crippen molar-refractivity contribution in [1.29, 1.82) is 0 Å². The van der Waals surface area contributed by atoms with Crippen molar-refractivity contribution in [3.8, 4) is 0 Å². The molecule has 0 unspecified atom stereocenters. The van der Waals surface area contributed by atoms with E-state index in [1.165, 1.54) is 7.11 Å². The number of rotatable bonds is 6. The van der Waals surface area contributed by atoms with Crippen LogP contribution in [0.25, 0.3) is 0 Å². The predicted octanol–water partition coefficient (Wildman–Crippen LogP) is 3.82. The quantitative estimate of drug-likeness (QED) is 0.635. The SMILES string of the molecule is CCc1ccccc1NC(=O)c1ccc(Nc2ccccc2C(=O)OC)nn1. The number of esters is 1. The Labute approximate surface area is 162 Å². The molecule has 7 heteroatoms. The zero-order valence-corrected chi connectivity index (χ0v) is 15.6. The molecule has 0 aliphatic heterocycles. The van der Waals surface area contributed by atoms with E-state index < -0.39 is 5.97 Å². The monoisotopic (exact) mass is 376 g/mol. The summed E-state index contributed by atoms with van der Waals surface area (Å²) in [7, 11) is 1.32. The molecule has 0 aliphatic rings. The van der Waals surface area contributed by atoms with E-state index in [9.17, 15) is 9.59 Å². The van der Waals surface area contributed by atoms with Crippen molar-refractivity contribution >= 4 is 29.1 Å². The van der Waals surface area contributed by atoms with Gasteiger partial charge in [0.05, 0.1) is 18.4 Å². The van der Waals surface area contributed by atoms with Crippen LogP contribution >= 0.6 is 0 Å². The van der Waals surface area contributed by atoms with Gasteiger partial charge in [0.1, 0.15) is 0 Å². The van der Waals surface area contributed by atoms with Gasteiger partial charge in [0.15, 0.2) is 11.5 Å². The van der Waals surface area contributed by atoms with E-state index in [0.29, 0.717) is 17.1 Å². The fourth-order valence-electron chi connectivity index (χ4n) is 2.67. The van der Waals surface area contributed by atoms with Crippen molar-refractivity contribution in [1.82, 2.24) is 10.2 Å². The summed E-state index contributed by atoms with van der Waals surface area (Å²) < 4.78 is 4.77. The smallest absolute Gasteiger partial charge is 0.339 e. The van der Waals surface area contributed by atoms with Crippen LogP contribution in [-0.4, -0.2) is 29.2 Å². The molecule has 0 aliphatic carbocycles. The van der Waals surface area contributed by atoms with Gasteiger partial charge in [-0.1, -0.05) is 37.3 Å². The molecule has 28 heavy (non-hydrogen) atoms. The Bertz CT molecular complexity index is 987. The predicted molar refractivity (Wildman–Crippen MR) is 107 cm³/mol. The number of hydrogen-bond donors (Lipinski definition) is 2. The van der Waals surface area contributed by atoms with Crippen LogP contribution in [0.15, 0.2) is 60.7 Å². The summed E-state index contributed by atoms with van der Waals surface area (Å²) in [4.78, 5) is 24.3. The molecule has 1 aromatic heterocycles. The van der Waals surface area contributed by atoms with Crippen molar-refractivity contribution in [3.05, 3.63) is 77.5 Å². The van der Waals surface area contributed by atoms with Gasteiger partial charge in [-0.3, -0.25) is 4.79 Å². The first-order chi connectivity index (χ1) is 13.6. The molecular weight excluding hydrogens is 356 g/mol. The normalized spacial score (nSPS) is 10.2. The highest BCUT2D eigenvalue weighted by molar-refractivity contribution is 6.03. The Morgan fingerprint density at radius 3 is 2.32 bits per heavy atom. The number of nitrogens with one attached hydrogen (secondary N) is 2. The molecule has 142 valence electrons. The number of amides is 1. The van der Waals surface area contributed by atoms with E-state index in [0.717, 1.165) is 17.7 Å². The molecule has 0 spiro atoms. The van der Waals surface area contributed by atoms with Crippen LogP contribution in [0.2, 0.25) is 0 Å². The maximum Gasteiger partial charge on any atom is 0.339 e. The third-order valence-corrected chi connectivity index (χ3v) is 4.14. The zero-order valence-electron chi connectivity index (χ0n) is 15.6. The van der Waals surface area contributed by atoms with E-state index in [-0.39, 0.29) is 11.6 Å². The molecule has 0 bridgehead atoms. The summed E-state index contributed by atoms with van der Waals surface area (Å²) in [6, 6.07) is 17.7. The molecule has 2 aromatic carbocycles. The molecule has 3 aromatic rings. The summed E-state index contributed by atoms with van der Waals surface area (Å²) in [5, 5.41) is 13.9. The van der Waals surface area contributed by atoms with Crippen molar-refractivity contribution in [2.24, 2.45) is 0 Å². The van der Waals surface area contributed by atoms with Crippen LogP contribution in [-0.2, 0) is 11.2 Å². The summed E-state index contributed by atoms with van der Waals surface area (Å²) in [6.07, 6.45) is 0.810. The molecule has 1 heterocycles. The van der Waals surface area contributed by atoms with Crippen molar-refractivity contribution < 1.29 is 14.3 Å². The van der Waals surface area contributed by atoms with E-state index in [2.05, 4.69) is 20.8 Å². The Kier molecular flexibility index (Phi) is 5.96. The average molecular weight is 376 g/mol. The van der Waals surface area contributed by atoms with Gasteiger partial charge in [-0.15, -0.1) is 10.2 Å². The summed E-state index contributed by atoms with van der Waals surface area (Å²) in [5.74, 6) is -0.390. The third-order valence-electron chi connectivity index (χ3n) is 4.14. The van der Waals surface area contributed by atoms with Crippen LogP contribution in [0.5, 0.6) is 0 Å². The number of aromatic nitrogens is 2. The van der Waals surface area contributed by atoms with Gasteiger partial charge in [0.25, 0.3) is 5.91 Å². The fraction of sp³-hybridized carbons (Fsp3) is 0.143. The molecule has 7 nitrogen and oxygen atoms in total. The highest BCUT2D eigenvalue weighted by Gasteiger charge is 2.13. The van der Waals surface area contributed by atoms with Crippen LogP contribution in [0.3, 0.4) is 0 Å². The summed E-state index contributed by atoms with van der Waals surface area (Å²) >= 11 is 0. The molecule has 1 amide bonds. The number of anilines is 3. The van der Waals surface area contributed by atoms with Gasteiger partial charge in [-0.25, -0.2) is 4.79 Å². The molecule has 0 atom stereocenters. The van der Waals surface area contributed by atoms with Gasteiger partial charge >= 0.3 is 5.97 Å². The lowest BCUT2D eigenvalue weighted by molar-refractivity contribution is 0.0601. The highest BCUT2D eigenvalue weighted by Crippen LogP contribution is 2.20. The summed E-state index contributed by atoms with van der Waals surface area (Å²) in [5.41, 5.74) is 2.91. The average Bonchev–Trinajstić information content (AvgIpc) is 2.74. The number of carbonyl (C=O) groups is 2. The van der Waals surface area contributed by atoms with Crippen molar-refractivity contribution in [2.45, 2.75) is 13.3 Å². The van der Waals surface area contributed by atoms with E-state index in [1.54, 1.807) is 36.4 Å². The fourth-order valence-corrected chi connectivity index (χ4v) is 2.67. The molecule has 0 saturated heterocycles. The maximum absolute atomic E-state index is 12.4. The van der Waals surface area contributed by atoms with Gasteiger partial charge in [-0.05, 0) is 42.3 Å². The highest BCUT2D eigenvalue weighted by atomic mass is 16.5. The molecule has 0 radical (unpaired) electrons. The maximum atomic E-state index is 12.4. The topological polar surface area (TPSA) is 93.2 Å². The first-order valence-electron chi connectivity index (χ1n) is 8.79. The minimum absolute atomic E-state index is 0.192. The molecule has 3 rings (SSSR count). The van der Waals surface area contributed by atoms with Crippen molar-refractivity contribution in [2.75, 3.05) is 17.7 Å². The Morgan fingerprint density at radius 1 is 0.929 bits per heavy atom. The van der Waals surface area contributed by atoms with Crippen molar-refractivity contribution in [3.63, 3.8) is 0 Å². The number of aryl methyl sites for hydroxylation is 1. The Hall–Kier alpha value is -3.74. The molecule has 0 saturated carbocycles. The number of nitrogens with zero attached hydrogens (tertiary/aromatic N) is 2. The van der Waals surface area contributed by atoms with Gasteiger partial charge < -0.3 is 15.4 Å². The van der Waals surface area contributed by atoms with E-state index in [4.69, 9.17) is 4.74 Å². The Morgan fingerprint density at radius 2 is 1.64 bits per heavy atom. The number of carbonyl (C=O) groups excluding carboxylic acids is 2. The van der Waals surface area contributed by atoms with Crippen LogP contribution in [0.4, 0.5) is 17.2 Å². The number of benzene rings is 2. The molecule has 0 fully saturated rings. The van der Waals surface area contributed by atoms with E-state index in [1.807, 2.05) is 31.2 Å². The van der Waals surface area contributed by atoms with Gasteiger partial charge in [-0.2, -0.15) is 0 Å². The first-order valence-corrected chi connectivity index (χ1v) is 8.79. The third kappa shape index (κ3) is 4.32. The number of ether oxygens (including phenoxy) is 1. The largest absolute Gasteiger partial charge is 0.465 e. The van der Waals surface area contributed by atoms with Crippen LogP contribution in [0, 0.1) is 0 Å². The lowest BCUT2D eigenvalue weighted by atomic mass is 10.1. The first kappa shape index (κ1) is 19.0. The van der Waals surface area contributed by atoms with Crippen LogP contribution in [0.1, 0.15) is 33.3 Å². The lowest BCUT2D eigenvalue weighted by Gasteiger charge is -2.11. The van der Waals surface area contributed by atoms with Gasteiger partial charge in [0, 0.05) is 5.69 Å². The second-order valence-electron chi connectivity index (χ2n) is 5.93. The van der Waals surface area contributed by atoms with E-state index >= 15 is 0 Å². The minimum Gasteiger partial charge on any atom is -0.465 e. The number of para-hydroxylation sites is 2. The second-order valence-corrected chi connectivity index (χ2v) is 5.93. The molecular formula is C21H20N4O3. The number of methoxy groups -OCH3 is 1. The molecule has 2 N–H and O–H groups in total. The summed E-state index contributed by atoms with van der Waals surface area (Å²) in [6.45, 7) is 2.03. The minimum atomic E-state index is -0.457. The second kappa shape index (κ2) is 8.77. The van der Waals surface area contributed by atoms with Gasteiger partial charge in [0.2, 0.25) is 0 Å². The van der Waals surface area contributed by atoms with Crippen LogP contribution < -0.4 is 10.6 Å². The number of hydrogen-bond acceptors (Lipinski definition) is 6. The standard InChI is InChI=1S/C21H20N4O3/c1-3-14-8-4-6-10-16(14)23-20(26)18-12-13-19(25-24-18)22-17-11-7-5-9-15(17)21(27)28-2/h4-13H,3H2,1-2H3,(H,22,25)(H,23,26). The lowest BCUT2D eigenvalue weighted by Crippen LogP contribution is -2.15. The zero-order chi connectivity index (χ0) is 19.9.